The van der Waals surface area contributed by atoms with Gasteiger partial charge in [0.05, 0.1) is 6.42 Å². The molecule has 4 nitrogen and oxygen atoms in total. The third-order valence-electron chi connectivity index (χ3n) is 0.843. The average molecular weight is 205 g/mol. The molecule has 0 bridgehead atoms. The van der Waals surface area contributed by atoms with Crippen LogP contribution < -0.4 is 0 Å². The van der Waals surface area contributed by atoms with Crippen molar-refractivity contribution in [2.45, 2.75) is 13.3 Å². The summed E-state index contributed by atoms with van der Waals surface area (Å²) in [6.45, 7) is 1.47. The minimum Gasteiger partial charge on any atom is -0.338 e. The molecule has 1 aromatic rings. The Morgan fingerprint density at radius 1 is 1.80 bits per heavy atom. The first kappa shape index (κ1) is 7.40. The fraction of sp³-hybridized carbons (Fsp3) is 0.400. The first-order chi connectivity index (χ1) is 4.68. The molecule has 0 radical (unpaired) electrons. The summed E-state index contributed by atoms with van der Waals surface area (Å²) < 4.78 is 5.02. The minimum atomic E-state index is 0.0103. The van der Waals surface area contributed by atoms with Gasteiger partial charge < -0.3 is 4.52 Å². The topological polar surface area (TPSA) is 56.0 Å². The molecule has 54 valence electrons. The van der Waals surface area contributed by atoms with Crippen LogP contribution in [-0.4, -0.2) is 15.9 Å². The molecule has 10 heavy (non-hydrogen) atoms. The van der Waals surface area contributed by atoms with E-state index in [2.05, 4.69) is 30.6 Å². The molecule has 0 aliphatic rings. The van der Waals surface area contributed by atoms with Crippen molar-refractivity contribution in [3.63, 3.8) is 0 Å². The van der Waals surface area contributed by atoms with E-state index in [-0.39, 0.29) is 12.2 Å². The Balaban J connectivity index is 2.67. The van der Waals surface area contributed by atoms with E-state index in [4.69, 9.17) is 0 Å². The van der Waals surface area contributed by atoms with Gasteiger partial charge in [0.15, 0.2) is 0 Å². The number of carbonyl (C=O) groups excluding carboxylic acids is 1. The van der Waals surface area contributed by atoms with Crippen molar-refractivity contribution < 1.29 is 9.32 Å². The lowest BCUT2D eigenvalue weighted by Gasteiger charge is -1.82. The normalized spacial score (nSPS) is 9.80. The van der Waals surface area contributed by atoms with E-state index in [1.54, 1.807) is 0 Å². The molecule has 0 aromatic carbocycles. The summed E-state index contributed by atoms with van der Waals surface area (Å²) in [5.41, 5.74) is 0. The van der Waals surface area contributed by atoms with Crippen LogP contribution in [-0.2, 0) is 11.2 Å². The highest BCUT2D eigenvalue weighted by atomic mass is 79.9. The van der Waals surface area contributed by atoms with Crippen LogP contribution in [0.1, 0.15) is 12.8 Å². The second-order valence-electron chi connectivity index (χ2n) is 1.84. The number of hydrogen-bond acceptors (Lipinski definition) is 4. The molecule has 0 aliphatic carbocycles. The highest BCUT2D eigenvalue weighted by molar-refractivity contribution is 9.10. The van der Waals surface area contributed by atoms with E-state index in [9.17, 15) is 4.79 Å². The number of Topliss-reactive ketones (excluding diaryl/α,β-unsaturated/α-hetero) is 1. The van der Waals surface area contributed by atoms with E-state index in [0.29, 0.717) is 10.6 Å². The standard InChI is InChI=1S/C5H5BrN2O2/c1-3(9)2-4-7-5(6)8-10-4/h2H2,1H3. The van der Waals surface area contributed by atoms with Gasteiger partial charge in [0.25, 0.3) is 0 Å². The SMILES string of the molecule is CC(=O)Cc1nc(Br)no1. The first-order valence-electron chi connectivity index (χ1n) is 2.66. The Hall–Kier alpha value is -0.710. The van der Waals surface area contributed by atoms with Gasteiger partial charge in [0, 0.05) is 0 Å². The number of ketones is 1. The van der Waals surface area contributed by atoms with E-state index in [1.165, 1.54) is 6.92 Å². The summed E-state index contributed by atoms with van der Waals surface area (Å²) in [5.74, 6) is 0.357. The van der Waals surface area contributed by atoms with Crippen LogP contribution in [0.4, 0.5) is 0 Å². The molecule has 0 fully saturated rings. The average Bonchev–Trinajstić information content (AvgIpc) is 2.13. The molecule has 0 amide bonds. The third-order valence-corrected chi connectivity index (χ3v) is 1.17. The summed E-state index contributed by atoms with van der Waals surface area (Å²) in [4.78, 5) is 14.2. The molecule has 0 saturated heterocycles. The Morgan fingerprint density at radius 3 is 2.90 bits per heavy atom. The van der Waals surface area contributed by atoms with Crippen molar-refractivity contribution in [2.24, 2.45) is 0 Å². The van der Waals surface area contributed by atoms with Gasteiger partial charge in [-0.05, 0) is 28.0 Å². The molecule has 0 saturated carbocycles. The molecule has 1 heterocycles. The minimum absolute atomic E-state index is 0.0103. The summed E-state index contributed by atoms with van der Waals surface area (Å²) >= 11 is 2.99. The number of rotatable bonds is 2. The van der Waals surface area contributed by atoms with Crippen molar-refractivity contribution in [1.82, 2.24) is 10.1 Å². The van der Waals surface area contributed by atoms with Crippen molar-refractivity contribution in [2.75, 3.05) is 0 Å². The Bertz CT molecular complexity index is 246. The van der Waals surface area contributed by atoms with E-state index >= 15 is 0 Å². The van der Waals surface area contributed by atoms with Crippen LogP contribution in [0.15, 0.2) is 9.26 Å². The van der Waals surface area contributed by atoms with Gasteiger partial charge in [-0.15, -0.1) is 0 Å². The van der Waals surface area contributed by atoms with E-state index < -0.39 is 0 Å². The van der Waals surface area contributed by atoms with Gasteiger partial charge in [-0.3, -0.25) is 4.79 Å². The van der Waals surface area contributed by atoms with Gasteiger partial charge in [0.2, 0.25) is 10.6 Å². The third kappa shape index (κ3) is 1.91. The zero-order valence-corrected chi connectivity index (χ0v) is 6.88. The maximum Gasteiger partial charge on any atom is 0.238 e. The maximum absolute atomic E-state index is 10.5. The second kappa shape index (κ2) is 2.92. The first-order valence-corrected chi connectivity index (χ1v) is 3.45. The van der Waals surface area contributed by atoms with Gasteiger partial charge in [-0.2, -0.15) is 4.98 Å². The highest BCUT2D eigenvalue weighted by Gasteiger charge is 2.04. The number of hydrogen-bond donors (Lipinski definition) is 0. The van der Waals surface area contributed by atoms with Crippen molar-refractivity contribution in [3.05, 3.63) is 10.6 Å². The molecule has 1 rings (SSSR count). The lowest BCUT2D eigenvalue weighted by atomic mass is 10.3. The fourth-order valence-corrected chi connectivity index (χ4v) is 0.789. The molecule has 0 atom stereocenters. The quantitative estimate of drug-likeness (QED) is 0.721. The van der Waals surface area contributed by atoms with Crippen LogP contribution in [0.5, 0.6) is 0 Å². The molecule has 0 N–H and O–H groups in total. The predicted octanol–water partition coefficient (Wildman–Crippen LogP) is 0.964. The van der Waals surface area contributed by atoms with Crippen molar-refractivity contribution in [3.8, 4) is 0 Å². The number of carbonyl (C=O) groups is 1. The maximum atomic E-state index is 10.5. The molecule has 0 spiro atoms. The van der Waals surface area contributed by atoms with Crippen LogP contribution >= 0.6 is 15.9 Å². The lowest BCUT2D eigenvalue weighted by Crippen LogP contribution is -1.95. The zero-order valence-electron chi connectivity index (χ0n) is 5.30. The van der Waals surface area contributed by atoms with E-state index in [1.807, 2.05) is 0 Å². The lowest BCUT2D eigenvalue weighted by molar-refractivity contribution is -0.116. The molecular formula is C5H5BrN2O2. The largest absolute Gasteiger partial charge is 0.338 e. The predicted molar refractivity (Wildman–Crippen MR) is 36.4 cm³/mol. The summed E-state index contributed by atoms with van der Waals surface area (Å²) in [5, 5.41) is 3.45. The Labute approximate surface area is 65.7 Å². The van der Waals surface area contributed by atoms with Gasteiger partial charge in [-0.25, -0.2) is 0 Å². The summed E-state index contributed by atoms with van der Waals surface area (Å²) in [6.07, 6.45) is 0.207. The summed E-state index contributed by atoms with van der Waals surface area (Å²) in [7, 11) is 0. The van der Waals surface area contributed by atoms with Crippen LogP contribution in [0.3, 0.4) is 0 Å². The zero-order chi connectivity index (χ0) is 7.56. The fourth-order valence-electron chi connectivity index (χ4n) is 0.519. The van der Waals surface area contributed by atoms with Crippen LogP contribution in [0, 0.1) is 0 Å². The van der Waals surface area contributed by atoms with E-state index in [0.717, 1.165) is 0 Å². The van der Waals surface area contributed by atoms with Crippen molar-refractivity contribution in [1.29, 1.82) is 0 Å². The Kier molecular flexibility index (Phi) is 2.16. The van der Waals surface area contributed by atoms with Gasteiger partial charge in [0.1, 0.15) is 5.78 Å². The number of aromatic nitrogens is 2. The molecule has 0 unspecified atom stereocenters. The highest BCUT2D eigenvalue weighted by Crippen LogP contribution is 2.04. The molecule has 0 aliphatic heterocycles. The molecule has 5 heteroatoms. The Morgan fingerprint density at radius 2 is 2.50 bits per heavy atom. The van der Waals surface area contributed by atoms with Crippen molar-refractivity contribution >= 4 is 21.7 Å². The summed E-state index contributed by atoms with van der Waals surface area (Å²) in [6, 6.07) is 0. The van der Waals surface area contributed by atoms with Crippen LogP contribution in [0.25, 0.3) is 0 Å². The van der Waals surface area contributed by atoms with Crippen LogP contribution in [0.2, 0.25) is 0 Å². The monoisotopic (exact) mass is 204 g/mol. The molecular weight excluding hydrogens is 200 g/mol. The second-order valence-corrected chi connectivity index (χ2v) is 2.55. The van der Waals surface area contributed by atoms with Gasteiger partial charge >= 0.3 is 0 Å². The molecule has 1 aromatic heterocycles. The number of halogens is 1. The number of nitrogens with zero attached hydrogens (tertiary/aromatic N) is 2. The van der Waals surface area contributed by atoms with Gasteiger partial charge in [-0.1, -0.05) is 0 Å². The smallest absolute Gasteiger partial charge is 0.238 e.